The van der Waals surface area contributed by atoms with Crippen molar-refractivity contribution in [2.45, 2.75) is 69.7 Å². The summed E-state index contributed by atoms with van der Waals surface area (Å²) in [6.45, 7) is 3.89. The van der Waals surface area contributed by atoms with Crippen LogP contribution in [-0.2, 0) is 11.1 Å². The van der Waals surface area contributed by atoms with E-state index in [0.717, 1.165) is 19.5 Å². The molecule has 0 radical (unpaired) electrons. The molecule has 138 valence electrons. The fourth-order valence-electron chi connectivity index (χ4n) is 2.55. The minimum absolute atomic E-state index is 0.422. The maximum atomic E-state index is 10.6. The predicted molar refractivity (Wildman–Crippen MR) is 108 cm³/mol. The van der Waals surface area contributed by atoms with Crippen LogP contribution in [0.25, 0.3) is 0 Å². The van der Waals surface area contributed by atoms with E-state index in [1.54, 1.807) is 0 Å². The van der Waals surface area contributed by atoms with Crippen LogP contribution in [0, 0.1) is 0 Å². The van der Waals surface area contributed by atoms with Gasteiger partial charge in [-0.25, -0.2) is 0 Å². The first-order valence-electron chi connectivity index (χ1n) is 9.36. The topological polar surface area (TPSA) is 49.3 Å². The maximum Gasteiger partial charge on any atom is 0.189 e. The van der Waals surface area contributed by atoms with Gasteiger partial charge in [-0.3, -0.25) is 4.57 Å². The Balaban J connectivity index is 2.04. The van der Waals surface area contributed by atoms with Gasteiger partial charge < -0.3 is 10.2 Å². The Kier molecular flexibility index (Phi) is 13.6. The number of unbranched alkanes of at least 4 members (excludes halogenated alkanes) is 6. The molecule has 0 saturated heterocycles. The molecule has 2 N–H and O–H groups in total. The molecule has 0 aliphatic rings. The lowest BCUT2D eigenvalue weighted by Gasteiger charge is -2.06. The highest BCUT2D eigenvalue weighted by atomic mass is 32.2. The molecule has 1 aromatic rings. The third kappa shape index (κ3) is 12.1. The van der Waals surface area contributed by atoms with Crippen LogP contribution in [0.4, 0.5) is 0 Å². The number of rotatable bonds is 15. The molecule has 0 amide bonds. The van der Waals surface area contributed by atoms with E-state index in [9.17, 15) is 4.57 Å². The first-order valence-corrected chi connectivity index (χ1v) is 11.9. The van der Waals surface area contributed by atoms with E-state index < -0.39 is 8.03 Å². The van der Waals surface area contributed by atoms with Crippen molar-refractivity contribution in [2.75, 3.05) is 18.5 Å². The van der Waals surface area contributed by atoms with Gasteiger partial charge in [0.05, 0.1) is 0 Å². The van der Waals surface area contributed by atoms with Gasteiger partial charge in [0.1, 0.15) is 0 Å². The SMILES string of the molecule is CCCCCCCCCSc1ccc(CNCCC[PH](=O)O)cc1. The maximum absolute atomic E-state index is 10.6. The first kappa shape index (κ1) is 21.8. The lowest BCUT2D eigenvalue weighted by Crippen LogP contribution is -2.15. The summed E-state index contributed by atoms with van der Waals surface area (Å²) in [5.41, 5.74) is 1.27. The molecular weight excluding hydrogens is 337 g/mol. The Bertz CT molecular complexity index is 439. The van der Waals surface area contributed by atoms with Crippen LogP contribution in [0.3, 0.4) is 0 Å². The molecule has 0 spiro atoms. The summed E-state index contributed by atoms with van der Waals surface area (Å²) in [4.78, 5) is 10.1. The number of benzene rings is 1. The highest BCUT2D eigenvalue weighted by molar-refractivity contribution is 7.99. The normalized spacial score (nSPS) is 12.4. The molecule has 0 saturated carbocycles. The van der Waals surface area contributed by atoms with Crippen molar-refractivity contribution in [2.24, 2.45) is 0 Å². The molecule has 1 rings (SSSR count). The molecule has 24 heavy (non-hydrogen) atoms. The summed E-state index contributed by atoms with van der Waals surface area (Å²) in [5.74, 6) is 1.21. The molecule has 0 aromatic heterocycles. The second kappa shape index (κ2) is 15.0. The van der Waals surface area contributed by atoms with Gasteiger partial charge in [0.15, 0.2) is 8.03 Å². The molecule has 0 bridgehead atoms. The molecule has 3 nitrogen and oxygen atoms in total. The summed E-state index contributed by atoms with van der Waals surface area (Å²) in [5, 5.41) is 3.32. The van der Waals surface area contributed by atoms with Crippen LogP contribution in [0.1, 0.15) is 63.9 Å². The summed E-state index contributed by atoms with van der Waals surface area (Å²) in [7, 11) is -2.30. The van der Waals surface area contributed by atoms with Crippen molar-refractivity contribution in [3.8, 4) is 0 Å². The second-order valence-corrected chi connectivity index (χ2v) is 8.74. The zero-order valence-electron chi connectivity index (χ0n) is 15.1. The lowest BCUT2D eigenvalue weighted by atomic mass is 10.1. The Morgan fingerprint density at radius 2 is 1.67 bits per heavy atom. The minimum Gasteiger partial charge on any atom is -0.346 e. The van der Waals surface area contributed by atoms with Gasteiger partial charge in [0.25, 0.3) is 0 Å². The van der Waals surface area contributed by atoms with Gasteiger partial charge in [-0.1, -0.05) is 57.6 Å². The zero-order chi connectivity index (χ0) is 17.5. The summed E-state index contributed by atoms with van der Waals surface area (Å²) in [6, 6.07) is 8.76. The van der Waals surface area contributed by atoms with Crippen molar-refractivity contribution in [3.63, 3.8) is 0 Å². The van der Waals surface area contributed by atoms with E-state index in [2.05, 4.69) is 36.5 Å². The van der Waals surface area contributed by atoms with Gasteiger partial charge in [0, 0.05) is 17.6 Å². The highest BCUT2D eigenvalue weighted by Crippen LogP contribution is 2.20. The molecule has 0 aliphatic carbocycles. The van der Waals surface area contributed by atoms with Crippen LogP contribution in [0.15, 0.2) is 29.2 Å². The summed E-state index contributed by atoms with van der Waals surface area (Å²) in [6.07, 6.45) is 10.8. The van der Waals surface area contributed by atoms with E-state index in [-0.39, 0.29) is 0 Å². The minimum atomic E-state index is -2.30. The number of nitrogens with one attached hydrogen (secondary N) is 1. The lowest BCUT2D eigenvalue weighted by molar-refractivity contribution is 0.499. The molecular formula is C19H34NO2PS. The van der Waals surface area contributed by atoms with E-state index in [1.807, 2.05) is 11.8 Å². The largest absolute Gasteiger partial charge is 0.346 e. The van der Waals surface area contributed by atoms with Crippen molar-refractivity contribution in [3.05, 3.63) is 29.8 Å². The van der Waals surface area contributed by atoms with Crippen molar-refractivity contribution >= 4 is 19.8 Å². The smallest absolute Gasteiger partial charge is 0.189 e. The van der Waals surface area contributed by atoms with Crippen molar-refractivity contribution < 1.29 is 9.46 Å². The monoisotopic (exact) mass is 371 g/mol. The zero-order valence-corrected chi connectivity index (χ0v) is 16.9. The average molecular weight is 372 g/mol. The quantitative estimate of drug-likeness (QED) is 0.244. The van der Waals surface area contributed by atoms with Crippen molar-refractivity contribution in [1.29, 1.82) is 0 Å². The van der Waals surface area contributed by atoms with E-state index in [4.69, 9.17) is 4.89 Å². The Morgan fingerprint density at radius 3 is 2.33 bits per heavy atom. The van der Waals surface area contributed by atoms with E-state index in [1.165, 1.54) is 61.2 Å². The summed E-state index contributed by atoms with van der Waals surface area (Å²) < 4.78 is 10.6. The summed E-state index contributed by atoms with van der Waals surface area (Å²) >= 11 is 1.95. The third-order valence-electron chi connectivity index (χ3n) is 4.01. The van der Waals surface area contributed by atoms with Crippen LogP contribution in [-0.4, -0.2) is 23.4 Å². The molecule has 1 unspecified atom stereocenters. The number of hydrogen-bond donors (Lipinski definition) is 2. The Hall–Kier alpha value is -0.280. The standard InChI is InChI=1S/C19H34NO2PS/c1-2-3-4-5-6-7-8-16-24-19-12-10-18(11-13-19)17-20-14-9-15-23(21)22/h10-13,20,23H,2-9,14-17H2,1H3,(H,21,22). The molecule has 0 heterocycles. The second-order valence-electron chi connectivity index (χ2n) is 6.29. The fraction of sp³-hybridized carbons (Fsp3) is 0.684. The van der Waals surface area contributed by atoms with E-state index in [0.29, 0.717) is 6.16 Å². The highest BCUT2D eigenvalue weighted by Gasteiger charge is 1.98. The number of hydrogen-bond acceptors (Lipinski definition) is 3. The molecule has 1 atom stereocenters. The molecule has 5 heteroatoms. The Morgan fingerprint density at radius 1 is 1.00 bits per heavy atom. The Labute approximate surface area is 152 Å². The molecule has 0 fully saturated rings. The molecule has 0 aliphatic heterocycles. The van der Waals surface area contributed by atoms with Gasteiger partial charge in [-0.15, -0.1) is 11.8 Å². The molecule has 1 aromatic carbocycles. The number of thioether (sulfide) groups is 1. The van der Waals surface area contributed by atoms with Gasteiger partial charge in [0.2, 0.25) is 0 Å². The van der Waals surface area contributed by atoms with Crippen LogP contribution >= 0.6 is 19.8 Å². The fourth-order valence-corrected chi connectivity index (χ4v) is 3.94. The van der Waals surface area contributed by atoms with Gasteiger partial charge in [-0.2, -0.15) is 0 Å². The van der Waals surface area contributed by atoms with Crippen LogP contribution in [0.2, 0.25) is 0 Å². The van der Waals surface area contributed by atoms with Gasteiger partial charge >= 0.3 is 0 Å². The van der Waals surface area contributed by atoms with E-state index >= 15 is 0 Å². The average Bonchev–Trinajstić information content (AvgIpc) is 2.58. The first-order chi connectivity index (χ1) is 11.7. The predicted octanol–water partition coefficient (Wildman–Crippen LogP) is 5.48. The van der Waals surface area contributed by atoms with Crippen LogP contribution < -0.4 is 5.32 Å². The van der Waals surface area contributed by atoms with Crippen LogP contribution in [0.5, 0.6) is 0 Å². The van der Waals surface area contributed by atoms with Crippen molar-refractivity contribution in [1.82, 2.24) is 5.32 Å². The third-order valence-corrected chi connectivity index (χ3v) is 5.89. The van der Waals surface area contributed by atoms with Gasteiger partial charge in [-0.05, 0) is 42.8 Å².